The second-order valence-electron chi connectivity index (χ2n) is 3.88. The summed E-state index contributed by atoms with van der Waals surface area (Å²) in [4.78, 5) is 0. The molecule has 0 aromatic carbocycles. The smallest absolute Gasteiger partial charge is 0.0702 e. The molecule has 0 amide bonds. The van der Waals surface area contributed by atoms with Gasteiger partial charge in [0.15, 0.2) is 0 Å². The van der Waals surface area contributed by atoms with Crippen molar-refractivity contribution in [2.75, 3.05) is 6.61 Å². The lowest BCUT2D eigenvalue weighted by molar-refractivity contribution is -0.110. The van der Waals surface area contributed by atoms with Crippen molar-refractivity contribution in [2.24, 2.45) is 5.92 Å². The standard InChI is InChI=1S/C10H20O/c1-4-10(9(2)3)7-5-6-8-11-10/h9H,4-8H2,1-3H3. The zero-order valence-electron chi connectivity index (χ0n) is 8.02. The minimum absolute atomic E-state index is 0.220. The van der Waals surface area contributed by atoms with E-state index in [1.54, 1.807) is 0 Å². The summed E-state index contributed by atoms with van der Waals surface area (Å²) in [6.45, 7) is 7.76. The first-order chi connectivity index (χ1) is 5.21. The van der Waals surface area contributed by atoms with Crippen molar-refractivity contribution in [3.05, 3.63) is 0 Å². The minimum atomic E-state index is 0.220. The first-order valence-corrected chi connectivity index (χ1v) is 4.85. The fourth-order valence-electron chi connectivity index (χ4n) is 2.02. The number of hydrogen-bond acceptors (Lipinski definition) is 1. The van der Waals surface area contributed by atoms with Gasteiger partial charge in [0.1, 0.15) is 0 Å². The molecule has 0 radical (unpaired) electrons. The maximum absolute atomic E-state index is 5.88. The van der Waals surface area contributed by atoms with Crippen molar-refractivity contribution < 1.29 is 4.74 Å². The van der Waals surface area contributed by atoms with Crippen LogP contribution in [-0.4, -0.2) is 12.2 Å². The Morgan fingerprint density at radius 1 is 1.36 bits per heavy atom. The van der Waals surface area contributed by atoms with E-state index in [-0.39, 0.29) is 5.60 Å². The zero-order chi connectivity index (χ0) is 8.32. The average molecular weight is 156 g/mol. The summed E-state index contributed by atoms with van der Waals surface area (Å²) < 4.78 is 5.88. The van der Waals surface area contributed by atoms with Crippen molar-refractivity contribution in [1.29, 1.82) is 0 Å². The Morgan fingerprint density at radius 2 is 2.09 bits per heavy atom. The van der Waals surface area contributed by atoms with E-state index < -0.39 is 0 Å². The van der Waals surface area contributed by atoms with Gasteiger partial charge in [-0.2, -0.15) is 0 Å². The molecule has 1 fully saturated rings. The van der Waals surface area contributed by atoms with Crippen molar-refractivity contribution >= 4 is 0 Å². The first-order valence-electron chi connectivity index (χ1n) is 4.85. The van der Waals surface area contributed by atoms with Gasteiger partial charge in [0.25, 0.3) is 0 Å². The Labute approximate surface area is 70.1 Å². The quantitative estimate of drug-likeness (QED) is 0.597. The molecule has 1 nitrogen and oxygen atoms in total. The van der Waals surface area contributed by atoms with E-state index in [1.165, 1.54) is 25.7 Å². The summed E-state index contributed by atoms with van der Waals surface area (Å²) in [7, 11) is 0. The highest BCUT2D eigenvalue weighted by atomic mass is 16.5. The van der Waals surface area contributed by atoms with Crippen LogP contribution in [0.3, 0.4) is 0 Å². The fourth-order valence-corrected chi connectivity index (χ4v) is 2.02. The van der Waals surface area contributed by atoms with Gasteiger partial charge in [0.2, 0.25) is 0 Å². The Morgan fingerprint density at radius 3 is 2.36 bits per heavy atom. The van der Waals surface area contributed by atoms with Crippen molar-refractivity contribution in [1.82, 2.24) is 0 Å². The van der Waals surface area contributed by atoms with Gasteiger partial charge in [-0.05, 0) is 31.6 Å². The molecule has 1 aliphatic heterocycles. The molecule has 1 heteroatoms. The highest BCUT2D eigenvalue weighted by molar-refractivity contribution is 4.84. The SMILES string of the molecule is CCC1(C(C)C)CCCCO1. The summed E-state index contributed by atoms with van der Waals surface area (Å²) in [6.07, 6.45) is 5.05. The number of hydrogen-bond donors (Lipinski definition) is 0. The van der Waals surface area contributed by atoms with Crippen LogP contribution in [0.5, 0.6) is 0 Å². The van der Waals surface area contributed by atoms with Crippen LogP contribution >= 0.6 is 0 Å². The normalized spacial score (nSPS) is 32.7. The Balaban J connectivity index is 2.57. The molecule has 0 spiro atoms. The summed E-state index contributed by atoms with van der Waals surface area (Å²) >= 11 is 0. The van der Waals surface area contributed by atoms with Gasteiger partial charge in [-0.25, -0.2) is 0 Å². The lowest BCUT2D eigenvalue weighted by Crippen LogP contribution is -2.40. The van der Waals surface area contributed by atoms with Gasteiger partial charge in [0, 0.05) is 6.61 Å². The van der Waals surface area contributed by atoms with E-state index in [4.69, 9.17) is 4.74 Å². The van der Waals surface area contributed by atoms with Gasteiger partial charge in [-0.3, -0.25) is 0 Å². The summed E-state index contributed by atoms with van der Waals surface area (Å²) in [5.74, 6) is 0.674. The summed E-state index contributed by atoms with van der Waals surface area (Å²) in [5, 5.41) is 0. The second-order valence-corrected chi connectivity index (χ2v) is 3.88. The maximum atomic E-state index is 5.88. The molecule has 1 rings (SSSR count). The maximum Gasteiger partial charge on any atom is 0.0702 e. The molecule has 1 aliphatic rings. The van der Waals surface area contributed by atoms with Gasteiger partial charge < -0.3 is 4.74 Å². The van der Waals surface area contributed by atoms with Crippen molar-refractivity contribution in [3.8, 4) is 0 Å². The highest BCUT2D eigenvalue weighted by Crippen LogP contribution is 2.34. The average Bonchev–Trinajstić information content (AvgIpc) is 2.05. The topological polar surface area (TPSA) is 9.23 Å². The number of rotatable bonds is 2. The minimum Gasteiger partial charge on any atom is -0.375 e. The molecular formula is C10H20O. The molecule has 11 heavy (non-hydrogen) atoms. The molecule has 66 valence electrons. The molecule has 1 heterocycles. The molecule has 0 aromatic rings. The highest BCUT2D eigenvalue weighted by Gasteiger charge is 2.34. The van der Waals surface area contributed by atoms with Crippen LogP contribution in [0.15, 0.2) is 0 Å². The molecule has 0 N–H and O–H groups in total. The molecule has 0 aromatic heterocycles. The third-order valence-corrected chi connectivity index (χ3v) is 3.03. The summed E-state index contributed by atoms with van der Waals surface area (Å²) in [5.41, 5.74) is 0.220. The largest absolute Gasteiger partial charge is 0.375 e. The van der Waals surface area contributed by atoms with E-state index in [2.05, 4.69) is 20.8 Å². The van der Waals surface area contributed by atoms with Gasteiger partial charge in [-0.1, -0.05) is 20.8 Å². The van der Waals surface area contributed by atoms with Crippen molar-refractivity contribution in [3.63, 3.8) is 0 Å². The lowest BCUT2D eigenvalue weighted by Gasteiger charge is -2.40. The van der Waals surface area contributed by atoms with Crippen LogP contribution in [0.1, 0.15) is 46.5 Å². The van der Waals surface area contributed by atoms with Crippen LogP contribution < -0.4 is 0 Å². The van der Waals surface area contributed by atoms with E-state index in [1.807, 2.05) is 0 Å². The third-order valence-electron chi connectivity index (χ3n) is 3.03. The number of ether oxygens (including phenoxy) is 1. The van der Waals surface area contributed by atoms with Crippen LogP contribution in [0.2, 0.25) is 0 Å². The predicted molar refractivity (Wildman–Crippen MR) is 47.7 cm³/mol. The van der Waals surface area contributed by atoms with Gasteiger partial charge in [0.05, 0.1) is 5.60 Å². The van der Waals surface area contributed by atoms with Crippen LogP contribution in [0, 0.1) is 5.92 Å². The van der Waals surface area contributed by atoms with Gasteiger partial charge >= 0.3 is 0 Å². The molecular weight excluding hydrogens is 136 g/mol. The summed E-state index contributed by atoms with van der Waals surface area (Å²) in [6, 6.07) is 0. The second kappa shape index (κ2) is 3.57. The first kappa shape index (κ1) is 9.05. The van der Waals surface area contributed by atoms with E-state index in [0.717, 1.165) is 6.61 Å². The van der Waals surface area contributed by atoms with Crippen LogP contribution in [0.25, 0.3) is 0 Å². The molecule has 1 saturated heterocycles. The van der Waals surface area contributed by atoms with E-state index >= 15 is 0 Å². The molecule has 0 saturated carbocycles. The molecule has 0 bridgehead atoms. The van der Waals surface area contributed by atoms with Gasteiger partial charge in [-0.15, -0.1) is 0 Å². The van der Waals surface area contributed by atoms with E-state index in [0.29, 0.717) is 5.92 Å². The molecule has 0 aliphatic carbocycles. The zero-order valence-corrected chi connectivity index (χ0v) is 8.02. The molecule has 1 atom stereocenters. The molecule has 1 unspecified atom stereocenters. The Bertz CT molecular complexity index is 112. The van der Waals surface area contributed by atoms with E-state index in [9.17, 15) is 0 Å². The van der Waals surface area contributed by atoms with Crippen LogP contribution in [0.4, 0.5) is 0 Å². The van der Waals surface area contributed by atoms with Crippen molar-refractivity contribution in [2.45, 2.75) is 52.1 Å². The lowest BCUT2D eigenvalue weighted by atomic mass is 9.81. The fraction of sp³-hybridized carbons (Fsp3) is 1.00. The third kappa shape index (κ3) is 1.76. The Hall–Kier alpha value is -0.0400. The predicted octanol–water partition coefficient (Wildman–Crippen LogP) is 2.99. The monoisotopic (exact) mass is 156 g/mol. The van der Waals surface area contributed by atoms with Crippen LogP contribution in [-0.2, 0) is 4.74 Å². The Kier molecular flexibility index (Phi) is 2.94.